The highest BCUT2D eigenvalue weighted by Gasteiger charge is 2.50. The molecular weight excluding hydrogens is 670 g/mol. The van der Waals surface area contributed by atoms with Crippen LogP contribution in [0.25, 0.3) is 0 Å². The summed E-state index contributed by atoms with van der Waals surface area (Å²) < 4.78 is 45.7. The summed E-state index contributed by atoms with van der Waals surface area (Å²) >= 11 is 0. The van der Waals surface area contributed by atoms with Gasteiger partial charge in [-0.25, -0.2) is 9.59 Å². The van der Waals surface area contributed by atoms with Crippen LogP contribution in [-0.4, -0.2) is 150 Å². The van der Waals surface area contributed by atoms with Crippen LogP contribution < -0.4 is 17.6 Å². The zero-order valence-electron chi connectivity index (χ0n) is 30.2. The Hall–Kier alpha value is -2.11. The van der Waals surface area contributed by atoms with E-state index in [0.29, 0.717) is 13.2 Å². The monoisotopic (exact) mass is 733 g/mol. The van der Waals surface area contributed by atoms with Crippen molar-refractivity contribution in [1.82, 2.24) is 6.15 Å². The number of primary amides is 1. The van der Waals surface area contributed by atoms with Crippen LogP contribution in [0.4, 0.5) is 0 Å². The number of nitrogens with two attached hydrogens (primary N) is 2. The lowest BCUT2D eigenvalue weighted by molar-refractivity contribution is -0.178. The Labute approximate surface area is 294 Å². The van der Waals surface area contributed by atoms with E-state index in [2.05, 4.69) is 4.74 Å². The first-order chi connectivity index (χ1) is 21.9. The van der Waals surface area contributed by atoms with Gasteiger partial charge in [0.2, 0.25) is 5.91 Å². The Bertz CT molecular complexity index is 1020. The molecule has 0 aromatic heterocycles. The predicted octanol–water partition coefficient (Wildman–Crippen LogP) is -1.00. The van der Waals surface area contributed by atoms with Crippen LogP contribution in [0, 0.1) is 0 Å². The fourth-order valence-electron chi connectivity index (χ4n) is 4.38. The lowest BCUT2D eigenvalue weighted by Gasteiger charge is -2.17. The van der Waals surface area contributed by atoms with E-state index in [9.17, 15) is 14.4 Å². The number of ether oxygens (including phenoxy) is 9. The number of aliphatic hydroxyl groups is 4. The quantitative estimate of drug-likeness (QED) is 0.170. The molecule has 8 atom stereocenters. The van der Waals surface area contributed by atoms with Gasteiger partial charge in [-0.15, -0.1) is 0 Å². The lowest BCUT2D eigenvalue weighted by atomic mass is 10.2. The maximum Gasteiger partial charge on any atom is 0.338 e. The summed E-state index contributed by atoms with van der Waals surface area (Å²) in [6, 6.07) is 0. The van der Waals surface area contributed by atoms with Crippen LogP contribution in [0.5, 0.6) is 0 Å². The van der Waals surface area contributed by atoms with E-state index in [1.165, 1.54) is 0 Å². The van der Waals surface area contributed by atoms with Gasteiger partial charge in [-0.2, -0.15) is 0 Å². The first-order valence-corrected chi connectivity index (χ1v) is 15.4. The molecule has 1 amide bonds. The van der Waals surface area contributed by atoms with Crippen LogP contribution in [0.2, 0.25) is 0 Å². The molecule has 5 aliphatic rings. The van der Waals surface area contributed by atoms with E-state index < -0.39 is 59.8 Å². The van der Waals surface area contributed by atoms with E-state index in [4.69, 9.17) is 69.8 Å². The average molecular weight is 734 g/mol. The van der Waals surface area contributed by atoms with Gasteiger partial charge in [0.05, 0.1) is 18.8 Å². The number of rotatable bonds is 4. The third kappa shape index (κ3) is 16.5. The largest absolute Gasteiger partial charge is 0.461 e. The Balaban J connectivity index is 0. The first kappa shape index (κ1) is 50.0. The molecule has 11 N–H and O–H groups in total. The highest BCUT2D eigenvalue weighted by molar-refractivity contribution is 5.80. The minimum absolute atomic E-state index is 0. The van der Waals surface area contributed by atoms with Crippen LogP contribution >= 0.6 is 0 Å². The molecule has 19 heteroatoms. The summed E-state index contributed by atoms with van der Waals surface area (Å²) in [6.45, 7) is 16.9. The molecule has 5 rings (SSSR count). The Morgan fingerprint density at radius 1 is 0.800 bits per heavy atom. The highest BCUT2D eigenvalue weighted by Crippen LogP contribution is 2.32. The molecule has 0 aliphatic carbocycles. The van der Waals surface area contributed by atoms with Gasteiger partial charge in [-0.05, 0) is 62.3 Å². The number of esters is 2. The van der Waals surface area contributed by atoms with Crippen LogP contribution in [0.15, 0.2) is 0 Å². The molecule has 0 spiro atoms. The number of hydrogen-bond acceptors (Lipinski definition) is 18. The molecule has 5 fully saturated rings. The third-order valence-electron chi connectivity index (χ3n) is 6.76. The second-order valence-electron chi connectivity index (χ2n) is 13.5. The van der Waals surface area contributed by atoms with Gasteiger partial charge >= 0.3 is 11.9 Å². The molecule has 5 aliphatic heterocycles. The summed E-state index contributed by atoms with van der Waals surface area (Å²) in [4.78, 5) is 31.8. The molecule has 0 bridgehead atoms. The van der Waals surface area contributed by atoms with Crippen molar-refractivity contribution in [1.29, 1.82) is 0 Å². The standard InChI is InChI=1S/C7H13NO4.C7H15NO3.C7H10O4.C5H12O.C4H6O4.CH4.H3N/c1-7(2)11-4(3-9)5(12-7)6(8)10;1-7(2)10-5(3-8)6(4-9)11-7;1-7(2)10-4-3-9-6(8)5(4)11-7;1-5(2,3)6-4;5-2-1-8-4(7)3(2)6;;/h4-5,9H,3H2,1-2H3,(H2,8,10);5-6,9H,3-4,8H2,1-2H3;4-5H,3H2,1-2H3;1-4H3;2-3,5-6H,1H2;1H4;1H3/t4-,5-;5-,6+;4-,5-;;2-,3-;;/m101.1../s1. The van der Waals surface area contributed by atoms with E-state index in [1.807, 2.05) is 34.6 Å². The van der Waals surface area contributed by atoms with Gasteiger partial charge in [0, 0.05) is 13.7 Å². The maximum absolute atomic E-state index is 10.9. The van der Waals surface area contributed by atoms with Gasteiger partial charge in [0.1, 0.15) is 43.7 Å². The third-order valence-corrected chi connectivity index (χ3v) is 6.76. The molecule has 50 heavy (non-hydrogen) atoms. The predicted molar refractivity (Wildman–Crippen MR) is 176 cm³/mol. The minimum Gasteiger partial charge on any atom is -0.461 e. The van der Waals surface area contributed by atoms with Crippen molar-refractivity contribution in [3.8, 4) is 0 Å². The van der Waals surface area contributed by atoms with Crippen molar-refractivity contribution in [2.75, 3.05) is 40.1 Å². The summed E-state index contributed by atoms with van der Waals surface area (Å²) in [7, 11) is 1.71. The van der Waals surface area contributed by atoms with Gasteiger partial charge in [-0.3, -0.25) is 4.79 Å². The van der Waals surface area contributed by atoms with Crippen LogP contribution in [0.1, 0.15) is 69.7 Å². The number of carbonyl (C=O) groups is 3. The van der Waals surface area contributed by atoms with Crippen molar-refractivity contribution in [3.05, 3.63) is 0 Å². The molecule has 0 aromatic carbocycles. The fourth-order valence-corrected chi connectivity index (χ4v) is 4.38. The summed E-state index contributed by atoms with van der Waals surface area (Å²) in [5.41, 5.74) is 10.5. The second-order valence-corrected chi connectivity index (χ2v) is 13.5. The molecule has 298 valence electrons. The number of methoxy groups -OCH3 is 1. The smallest absolute Gasteiger partial charge is 0.338 e. The topological polar surface area (TPSA) is 302 Å². The van der Waals surface area contributed by atoms with Gasteiger partial charge in [0.25, 0.3) is 0 Å². The normalized spacial score (nSPS) is 32.3. The highest BCUT2D eigenvalue weighted by atomic mass is 16.8. The van der Waals surface area contributed by atoms with Crippen molar-refractivity contribution in [2.24, 2.45) is 11.5 Å². The maximum atomic E-state index is 10.9. The molecule has 5 heterocycles. The zero-order chi connectivity index (χ0) is 37.3. The van der Waals surface area contributed by atoms with Crippen LogP contribution in [0.3, 0.4) is 0 Å². The van der Waals surface area contributed by atoms with Crippen molar-refractivity contribution >= 4 is 17.8 Å². The molecule has 0 radical (unpaired) electrons. The number of aliphatic hydroxyl groups excluding tert-OH is 4. The summed E-state index contributed by atoms with van der Waals surface area (Å²) in [5.74, 6) is -3.73. The molecule has 5 saturated heterocycles. The van der Waals surface area contributed by atoms with Gasteiger partial charge in [-0.1, -0.05) is 7.43 Å². The van der Waals surface area contributed by atoms with E-state index >= 15 is 0 Å². The van der Waals surface area contributed by atoms with E-state index in [-0.39, 0.29) is 63.3 Å². The molecule has 19 nitrogen and oxygen atoms in total. The average Bonchev–Trinajstić information content (AvgIpc) is 3.75. The van der Waals surface area contributed by atoms with Crippen molar-refractivity contribution in [3.63, 3.8) is 0 Å². The molecule has 0 aromatic rings. The van der Waals surface area contributed by atoms with E-state index in [1.54, 1.807) is 34.8 Å². The second kappa shape index (κ2) is 20.8. The molecular formula is C31H63N3O16. The van der Waals surface area contributed by atoms with Crippen LogP contribution in [-0.2, 0) is 57.0 Å². The van der Waals surface area contributed by atoms with Crippen molar-refractivity contribution in [2.45, 2.75) is 142 Å². The zero-order valence-corrected chi connectivity index (χ0v) is 30.2. The first-order valence-electron chi connectivity index (χ1n) is 15.4. The van der Waals surface area contributed by atoms with Gasteiger partial charge in [0.15, 0.2) is 35.7 Å². The van der Waals surface area contributed by atoms with E-state index in [0.717, 1.165) is 0 Å². The Morgan fingerprint density at radius 3 is 1.56 bits per heavy atom. The number of fused-ring (bicyclic) bond motifs is 1. The number of amides is 1. The lowest BCUT2D eigenvalue weighted by Crippen LogP contribution is -2.38. The summed E-state index contributed by atoms with van der Waals surface area (Å²) in [5, 5.41) is 34.8. The molecule has 0 saturated carbocycles. The van der Waals surface area contributed by atoms with Crippen molar-refractivity contribution < 1.29 is 77.4 Å². The Kier molecular flexibility index (Phi) is 20.8. The number of cyclic esters (lactones) is 2. The number of carbonyl (C=O) groups excluding carboxylic acids is 3. The molecule has 0 unspecified atom stereocenters. The fraction of sp³-hybridized carbons (Fsp3) is 0.903. The van der Waals surface area contributed by atoms with Gasteiger partial charge < -0.3 is 80.7 Å². The minimum atomic E-state index is -1.32. The SMILES string of the molecule is C.CC1(C)O[C@@H](CN)[C@@H](CO)O1.CC1(C)O[C@@H]2COC(=O)[C@@H]2O1.CC1(C)O[C@H](CO)[C@H](C(N)=O)O1.COC(C)(C)C.N.O=C1OC[C@@H](O)[C@H]1O. The number of hydrogen-bond donors (Lipinski definition) is 7. The Morgan fingerprint density at radius 2 is 1.24 bits per heavy atom. The summed E-state index contributed by atoms with van der Waals surface area (Å²) in [6.07, 6.45) is -4.97.